The first-order valence-electron chi connectivity index (χ1n) is 6.65. The summed E-state index contributed by atoms with van der Waals surface area (Å²) in [5, 5.41) is 8.83. The van der Waals surface area contributed by atoms with Gasteiger partial charge in [0.05, 0.1) is 0 Å². The summed E-state index contributed by atoms with van der Waals surface area (Å²) >= 11 is 0. The number of pyridine rings is 1. The molecule has 1 aromatic heterocycles. The van der Waals surface area contributed by atoms with Gasteiger partial charge in [-0.2, -0.15) is 0 Å². The van der Waals surface area contributed by atoms with Crippen molar-refractivity contribution in [3.63, 3.8) is 0 Å². The first-order chi connectivity index (χ1) is 9.47. The lowest BCUT2D eigenvalue weighted by atomic mass is 9.94. The normalized spacial score (nSPS) is 18.9. The Kier molecular flexibility index (Phi) is 4.22. The van der Waals surface area contributed by atoms with E-state index in [1.54, 1.807) is 24.2 Å². The summed E-state index contributed by atoms with van der Waals surface area (Å²) in [7, 11) is 1.63. The highest BCUT2D eigenvalue weighted by Crippen LogP contribution is 2.21. The first kappa shape index (κ1) is 14.3. The number of carboxylic acid groups (broad SMARTS) is 1. The Bertz CT molecular complexity index is 579. The topological polar surface area (TPSA) is 79.6 Å². The molecule has 0 radical (unpaired) electrons. The maximum atomic E-state index is 12.3. The number of carbonyl (C=O) groups excluding carboxylic acids is 1. The van der Waals surface area contributed by atoms with Gasteiger partial charge in [0.25, 0.3) is 11.5 Å². The van der Waals surface area contributed by atoms with E-state index in [0.29, 0.717) is 18.7 Å². The minimum Gasteiger partial charge on any atom is -0.481 e. The van der Waals surface area contributed by atoms with Crippen LogP contribution in [0, 0.1) is 5.92 Å². The number of aryl methyl sites for hydroxylation is 1. The number of aromatic nitrogens is 1. The third-order valence-electron chi connectivity index (χ3n) is 3.62. The zero-order chi connectivity index (χ0) is 14.7. The Morgan fingerprint density at radius 1 is 1.45 bits per heavy atom. The van der Waals surface area contributed by atoms with Crippen molar-refractivity contribution in [2.45, 2.75) is 19.3 Å². The van der Waals surface area contributed by atoms with Gasteiger partial charge >= 0.3 is 5.97 Å². The van der Waals surface area contributed by atoms with Crippen molar-refractivity contribution in [1.82, 2.24) is 9.47 Å². The SMILES string of the molecule is Cn1ccc(C(=O)N2CCCC(CC(=O)O)C2)cc1=O. The second kappa shape index (κ2) is 5.90. The van der Waals surface area contributed by atoms with Crippen LogP contribution in [-0.2, 0) is 11.8 Å². The van der Waals surface area contributed by atoms with Crippen LogP contribution >= 0.6 is 0 Å². The lowest BCUT2D eigenvalue weighted by Gasteiger charge is -2.32. The summed E-state index contributed by atoms with van der Waals surface area (Å²) in [5.41, 5.74) is 0.138. The lowest BCUT2D eigenvalue weighted by Crippen LogP contribution is -2.40. The molecule has 2 rings (SSSR count). The smallest absolute Gasteiger partial charge is 0.303 e. The van der Waals surface area contributed by atoms with Crippen LogP contribution in [0.1, 0.15) is 29.6 Å². The lowest BCUT2D eigenvalue weighted by molar-refractivity contribution is -0.138. The average molecular weight is 278 g/mol. The largest absolute Gasteiger partial charge is 0.481 e. The highest BCUT2D eigenvalue weighted by Gasteiger charge is 2.26. The van der Waals surface area contributed by atoms with E-state index in [4.69, 9.17) is 5.11 Å². The molecule has 2 heterocycles. The summed E-state index contributed by atoms with van der Waals surface area (Å²) in [6.07, 6.45) is 3.27. The fourth-order valence-electron chi connectivity index (χ4n) is 2.53. The molecule has 1 saturated heterocycles. The fraction of sp³-hybridized carbons (Fsp3) is 0.500. The Balaban J connectivity index is 2.10. The van der Waals surface area contributed by atoms with Crippen LogP contribution in [0.25, 0.3) is 0 Å². The number of nitrogens with zero attached hydrogens (tertiary/aromatic N) is 2. The van der Waals surface area contributed by atoms with Crippen molar-refractivity contribution in [3.05, 3.63) is 34.2 Å². The quantitative estimate of drug-likeness (QED) is 0.883. The fourth-order valence-corrected chi connectivity index (χ4v) is 2.53. The van der Waals surface area contributed by atoms with Gasteiger partial charge in [0.1, 0.15) is 0 Å². The molecule has 1 aliphatic rings. The second-order valence-corrected chi connectivity index (χ2v) is 5.22. The van der Waals surface area contributed by atoms with E-state index in [-0.39, 0.29) is 23.8 Å². The number of carbonyl (C=O) groups is 2. The van der Waals surface area contributed by atoms with E-state index in [0.717, 1.165) is 12.8 Å². The van der Waals surface area contributed by atoms with Crippen molar-refractivity contribution >= 4 is 11.9 Å². The molecule has 0 saturated carbocycles. The van der Waals surface area contributed by atoms with Gasteiger partial charge in [0, 0.05) is 44.4 Å². The van der Waals surface area contributed by atoms with Crippen molar-refractivity contribution < 1.29 is 14.7 Å². The van der Waals surface area contributed by atoms with E-state index in [9.17, 15) is 14.4 Å². The molecule has 6 heteroatoms. The van der Waals surface area contributed by atoms with E-state index >= 15 is 0 Å². The summed E-state index contributed by atoms with van der Waals surface area (Å²) < 4.78 is 1.40. The first-order valence-corrected chi connectivity index (χ1v) is 6.65. The van der Waals surface area contributed by atoms with Crippen LogP contribution in [0.2, 0.25) is 0 Å². The van der Waals surface area contributed by atoms with Crippen LogP contribution in [0.4, 0.5) is 0 Å². The molecule has 108 valence electrons. The Hall–Kier alpha value is -2.11. The van der Waals surface area contributed by atoms with Gasteiger partial charge in [-0.1, -0.05) is 0 Å². The molecule has 1 fully saturated rings. The summed E-state index contributed by atoms with van der Waals surface area (Å²) in [6.45, 7) is 1.06. The van der Waals surface area contributed by atoms with Gasteiger partial charge in [-0.05, 0) is 24.8 Å². The average Bonchev–Trinajstić information content (AvgIpc) is 2.40. The van der Waals surface area contributed by atoms with Crippen molar-refractivity contribution in [3.8, 4) is 0 Å². The minimum absolute atomic E-state index is 0.00301. The monoisotopic (exact) mass is 278 g/mol. The zero-order valence-electron chi connectivity index (χ0n) is 11.4. The molecule has 6 nitrogen and oxygen atoms in total. The number of rotatable bonds is 3. The summed E-state index contributed by atoms with van der Waals surface area (Å²) in [6, 6.07) is 2.94. The highest BCUT2D eigenvalue weighted by molar-refractivity contribution is 5.94. The molecule has 20 heavy (non-hydrogen) atoms. The maximum absolute atomic E-state index is 12.3. The number of hydrogen-bond donors (Lipinski definition) is 1. The van der Waals surface area contributed by atoms with E-state index in [1.807, 2.05) is 0 Å². The number of hydrogen-bond acceptors (Lipinski definition) is 3. The van der Waals surface area contributed by atoms with Gasteiger partial charge < -0.3 is 14.6 Å². The number of piperidine rings is 1. The van der Waals surface area contributed by atoms with Gasteiger partial charge in [-0.25, -0.2) is 0 Å². The van der Waals surface area contributed by atoms with Gasteiger partial charge in [-0.15, -0.1) is 0 Å². The number of likely N-dealkylation sites (tertiary alicyclic amines) is 1. The number of aliphatic carboxylic acids is 1. The molecule has 1 atom stereocenters. The molecule has 1 aliphatic heterocycles. The van der Waals surface area contributed by atoms with Crippen LogP contribution < -0.4 is 5.56 Å². The molecular formula is C14H18N2O4. The van der Waals surface area contributed by atoms with Crippen LogP contribution in [0.3, 0.4) is 0 Å². The Labute approximate surface area is 116 Å². The zero-order valence-corrected chi connectivity index (χ0v) is 11.4. The second-order valence-electron chi connectivity index (χ2n) is 5.22. The van der Waals surface area contributed by atoms with Crippen molar-refractivity contribution in [1.29, 1.82) is 0 Å². The highest BCUT2D eigenvalue weighted by atomic mass is 16.4. The minimum atomic E-state index is -0.835. The van der Waals surface area contributed by atoms with Crippen molar-refractivity contribution in [2.75, 3.05) is 13.1 Å². The molecule has 0 bridgehead atoms. The third-order valence-corrected chi connectivity index (χ3v) is 3.62. The number of amides is 1. The van der Waals surface area contributed by atoms with Gasteiger partial charge in [-0.3, -0.25) is 14.4 Å². The van der Waals surface area contributed by atoms with E-state index < -0.39 is 5.97 Å². The van der Waals surface area contributed by atoms with E-state index in [1.165, 1.54) is 10.6 Å². The molecule has 1 unspecified atom stereocenters. The van der Waals surface area contributed by atoms with Gasteiger partial charge in [0.2, 0.25) is 0 Å². The molecule has 1 N–H and O–H groups in total. The molecule has 0 spiro atoms. The molecule has 0 aliphatic carbocycles. The maximum Gasteiger partial charge on any atom is 0.303 e. The Morgan fingerprint density at radius 2 is 2.20 bits per heavy atom. The predicted molar refractivity (Wildman–Crippen MR) is 72.6 cm³/mol. The molecule has 1 aromatic rings. The van der Waals surface area contributed by atoms with Crippen LogP contribution in [0.5, 0.6) is 0 Å². The van der Waals surface area contributed by atoms with E-state index in [2.05, 4.69) is 0 Å². The molecular weight excluding hydrogens is 260 g/mol. The van der Waals surface area contributed by atoms with Gasteiger partial charge in [0.15, 0.2) is 0 Å². The molecule has 0 aromatic carbocycles. The summed E-state index contributed by atoms with van der Waals surface area (Å²) in [5.74, 6) is -1.03. The predicted octanol–water partition coefficient (Wildman–Crippen LogP) is 0.712. The summed E-state index contributed by atoms with van der Waals surface area (Å²) in [4.78, 5) is 36.3. The van der Waals surface area contributed by atoms with Crippen molar-refractivity contribution in [2.24, 2.45) is 13.0 Å². The standard InChI is InChI=1S/C14H18N2O4/c1-15-6-4-11(8-12(15)17)14(20)16-5-2-3-10(9-16)7-13(18)19/h4,6,8,10H,2-3,5,7,9H2,1H3,(H,18,19). The van der Waals surface area contributed by atoms with Crippen LogP contribution in [-0.4, -0.2) is 39.5 Å². The number of carboxylic acids is 1. The third kappa shape index (κ3) is 3.26. The molecule has 1 amide bonds. The Morgan fingerprint density at radius 3 is 2.85 bits per heavy atom. The van der Waals surface area contributed by atoms with Crippen LogP contribution in [0.15, 0.2) is 23.1 Å².